The van der Waals surface area contributed by atoms with Gasteiger partial charge in [0.05, 0.1) is 12.5 Å². The summed E-state index contributed by atoms with van der Waals surface area (Å²) in [6.07, 6.45) is 3.43. The lowest BCUT2D eigenvalue weighted by atomic mass is 10.1. The molecule has 0 N–H and O–H groups in total. The van der Waals surface area contributed by atoms with E-state index in [2.05, 4.69) is 12.1 Å². The van der Waals surface area contributed by atoms with Gasteiger partial charge in [-0.05, 0) is 11.6 Å². The Morgan fingerprint density at radius 3 is 2.27 bits per heavy atom. The molecule has 1 aromatic heterocycles. The lowest BCUT2D eigenvalue weighted by molar-refractivity contribution is 0.568. The summed E-state index contributed by atoms with van der Waals surface area (Å²) in [5.74, 6) is 0. The third-order valence-electron chi connectivity index (χ3n) is 1.63. The average molecular weight is 144 g/mol. The Morgan fingerprint density at radius 2 is 1.64 bits per heavy atom. The number of hydrogen-bond acceptors (Lipinski definition) is 1. The van der Waals surface area contributed by atoms with Crippen LogP contribution in [-0.4, -0.2) is 0 Å². The van der Waals surface area contributed by atoms with E-state index in [9.17, 15) is 0 Å². The van der Waals surface area contributed by atoms with E-state index in [4.69, 9.17) is 4.42 Å². The summed E-state index contributed by atoms with van der Waals surface area (Å²) < 4.78 is 4.97. The first-order chi connectivity index (χ1) is 5.47. The molecule has 0 aliphatic rings. The second-order valence-corrected chi connectivity index (χ2v) is 2.38. The third-order valence-corrected chi connectivity index (χ3v) is 1.63. The minimum atomic E-state index is 1.13. The van der Waals surface area contributed by atoms with Crippen LogP contribution in [0.15, 0.2) is 53.3 Å². The molecule has 0 spiro atoms. The Kier molecular flexibility index (Phi) is 1.48. The maximum Gasteiger partial charge on any atom is 0.0980 e. The van der Waals surface area contributed by atoms with Crippen molar-refractivity contribution >= 4 is 0 Å². The number of rotatable bonds is 1. The van der Waals surface area contributed by atoms with Crippen molar-refractivity contribution in [1.82, 2.24) is 0 Å². The first kappa shape index (κ1) is 6.23. The van der Waals surface area contributed by atoms with Crippen LogP contribution in [0.25, 0.3) is 11.1 Å². The van der Waals surface area contributed by atoms with E-state index in [1.54, 1.807) is 12.5 Å². The number of furan rings is 1. The summed E-state index contributed by atoms with van der Waals surface area (Å²) in [5, 5.41) is 0. The van der Waals surface area contributed by atoms with Gasteiger partial charge in [-0.25, -0.2) is 0 Å². The highest BCUT2D eigenvalue weighted by Crippen LogP contribution is 2.18. The maximum absolute atomic E-state index is 4.97. The van der Waals surface area contributed by atoms with E-state index in [0.717, 1.165) is 5.56 Å². The van der Waals surface area contributed by atoms with Crippen LogP contribution >= 0.6 is 0 Å². The van der Waals surface area contributed by atoms with E-state index in [1.807, 2.05) is 24.3 Å². The Morgan fingerprint density at radius 1 is 0.818 bits per heavy atom. The summed E-state index contributed by atoms with van der Waals surface area (Å²) in [4.78, 5) is 0. The monoisotopic (exact) mass is 144 g/mol. The number of hydrogen-bond donors (Lipinski definition) is 0. The molecule has 11 heavy (non-hydrogen) atoms. The van der Waals surface area contributed by atoms with Crippen molar-refractivity contribution in [3.63, 3.8) is 0 Å². The Balaban J connectivity index is 2.46. The third kappa shape index (κ3) is 1.17. The minimum absolute atomic E-state index is 1.13. The molecule has 0 aliphatic carbocycles. The highest BCUT2D eigenvalue weighted by molar-refractivity contribution is 5.61. The van der Waals surface area contributed by atoms with Crippen molar-refractivity contribution < 1.29 is 4.42 Å². The topological polar surface area (TPSA) is 13.1 Å². The summed E-state index contributed by atoms with van der Waals surface area (Å²) in [6.45, 7) is 0. The first-order valence-electron chi connectivity index (χ1n) is 3.54. The van der Waals surface area contributed by atoms with Gasteiger partial charge in [0, 0.05) is 5.56 Å². The van der Waals surface area contributed by atoms with Gasteiger partial charge in [0.1, 0.15) is 0 Å². The van der Waals surface area contributed by atoms with Crippen LogP contribution in [0.3, 0.4) is 0 Å². The van der Waals surface area contributed by atoms with Gasteiger partial charge in [-0.2, -0.15) is 0 Å². The molecule has 0 amide bonds. The fraction of sp³-hybridized carbons (Fsp3) is 0. The molecule has 0 bridgehead atoms. The molecule has 1 heterocycles. The zero-order valence-corrected chi connectivity index (χ0v) is 6.03. The van der Waals surface area contributed by atoms with Crippen molar-refractivity contribution in [3.05, 3.63) is 48.9 Å². The fourth-order valence-corrected chi connectivity index (χ4v) is 1.06. The smallest absolute Gasteiger partial charge is 0.0980 e. The van der Waals surface area contributed by atoms with Gasteiger partial charge >= 0.3 is 0 Å². The maximum atomic E-state index is 4.97. The summed E-state index contributed by atoms with van der Waals surface area (Å²) >= 11 is 0. The van der Waals surface area contributed by atoms with Gasteiger partial charge in [0.25, 0.3) is 0 Å². The molecule has 0 atom stereocenters. The quantitative estimate of drug-likeness (QED) is 0.599. The normalized spacial score (nSPS) is 9.82. The molecular formula is C10H8O. The zero-order valence-electron chi connectivity index (χ0n) is 6.03. The number of benzene rings is 1. The fourth-order valence-electron chi connectivity index (χ4n) is 1.06. The van der Waals surface area contributed by atoms with Crippen molar-refractivity contribution in [2.45, 2.75) is 0 Å². The van der Waals surface area contributed by atoms with Gasteiger partial charge in [0.15, 0.2) is 0 Å². The van der Waals surface area contributed by atoms with Crippen molar-refractivity contribution in [3.8, 4) is 11.1 Å². The molecule has 0 saturated carbocycles. The van der Waals surface area contributed by atoms with Crippen LogP contribution in [0.4, 0.5) is 0 Å². The van der Waals surface area contributed by atoms with E-state index < -0.39 is 0 Å². The predicted molar refractivity (Wildman–Crippen MR) is 44.1 cm³/mol. The van der Waals surface area contributed by atoms with Crippen LogP contribution in [-0.2, 0) is 0 Å². The summed E-state index contributed by atoms with van der Waals surface area (Å²) in [7, 11) is 0. The van der Waals surface area contributed by atoms with E-state index >= 15 is 0 Å². The molecule has 0 radical (unpaired) electrons. The molecule has 54 valence electrons. The molecule has 0 fully saturated rings. The largest absolute Gasteiger partial charge is 0.472 e. The molecule has 0 saturated heterocycles. The van der Waals surface area contributed by atoms with Gasteiger partial charge in [0.2, 0.25) is 0 Å². The van der Waals surface area contributed by atoms with Crippen molar-refractivity contribution in [2.24, 2.45) is 0 Å². The van der Waals surface area contributed by atoms with Crippen molar-refractivity contribution in [1.29, 1.82) is 0 Å². The Bertz CT molecular complexity index is 308. The Hall–Kier alpha value is -1.50. The zero-order chi connectivity index (χ0) is 7.52. The lowest BCUT2D eigenvalue weighted by Gasteiger charge is -1.92. The summed E-state index contributed by atoms with van der Waals surface area (Å²) in [5.41, 5.74) is 2.33. The van der Waals surface area contributed by atoms with Gasteiger partial charge in [-0.1, -0.05) is 30.3 Å². The lowest BCUT2D eigenvalue weighted by Crippen LogP contribution is -1.69. The molecule has 1 nitrogen and oxygen atoms in total. The molecule has 0 unspecified atom stereocenters. The molecule has 1 aromatic carbocycles. The standard InChI is InChI=1S/C10H8O/c1-2-4-9(5-3-1)10-6-7-11-8-10/h1-8H. The van der Waals surface area contributed by atoms with Gasteiger partial charge < -0.3 is 4.42 Å². The van der Waals surface area contributed by atoms with E-state index in [0.29, 0.717) is 0 Å². The second kappa shape index (κ2) is 2.62. The van der Waals surface area contributed by atoms with Crippen molar-refractivity contribution in [2.75, 3.05) is 0 Å². The van der Waals surface area contributed by atoms with Gasteiger partial charge in [-0.15, -0.1) is 0 Å². The SMILES string of the molecule is c1ccc(-c2ccoc2)cc1. The van der Waals surface area contributed by atoms with Crippen LogP contribution in [0.5, 0.6) is 0 Å². The highest BCUT2D eigenvalue weighted by Gasteiger charge is 1.94. The van der Waals surface area contributed by atoms with Crippen LogP contribution in [0.2, 0.25) is 0 Å². The van der Waals surface area contributed by atoms with Crippen LogP contribution in [0.1, 0.15) is 0 Å². The second-order valence-electron chi connectivity index (χ2n) is 2.38. The van der Waals surface area contributed by atoms with E-state index in [-0.39, 0.29) is 0 Å². The predicted octanol–water partition coefficient (Wildman–Crippen LogP) is 2.95. The van der Waals surface area contributed by atoms with E-state index in [1.165, 1.54) is 5.56 Å². The molecule has 2 aromatic rings. The molecule has 1 heteroatoms. The van der Waals surface area contributed by atoms with Crippen LogP contribution in [0, 0.1) is 0 Å². The minimum Gasteiger partial charge on any atom is -0.472 e. The Labute approximate surface area is 65.3 Å². The molecule has 2 rings (SSSR count). The molecular weight excluding hydrogens is 136 g/mol. The average Bonchev–Trinajstić information content (AvgIpc) is 2.58. The first-order valence-corrected chi connectivity index (χ1v) is 3.54. The van der Waals surface area contributed by atoms with Crippen LogP contribution < -0.4 is 0 Å². The van der Waals surface area contributed by atoms with Gasteiger partial charge in [-0.3, -0.25) is 0 Å². The summed E-state index contributed by atoms with van der Waals surface area (Å²) in [6, 6.07) is 12.1. The molecule has 0 aliphatic heterocycles. The highest BCUT2D eigenvalue weighted by atomic mass is 16.3.